The lowest BCUT2D eigenvalue weighted by atomic mass is 10.2. The van der Waals surface area contributed by atoms with E-state index in [-0.39, 0.29) is 5.75 Å². The Kier molecular flexibility index (Phi) is 2.11. The maximum absolute atomic E-state index is 10.8. The predicted octanol–water partition coefficient (Wildman–Crippen LogP) is 0.979. The molecule has 0 bridgehead atoms. The van der Waals surface area contributed by atoms with Crippen LogP contribution in [-0.2, 0) is 4.74 Å². The summed E-state index contributed by atoms with van der Waals surface area (Å²) in [5.41, 5.74) is 0.310. The van der Waals surface area contributed by atoms with Gasteiger partial charge in [-0.3, -0.25) is 0 Å². The number of phenols is 1. The molecule has 3 heteroatoms. The third-order valence-electron chi connectivity index (χ3n) is 1.20. The minimum absolute atomic E-state index is 0.0812. The first-order chi connectivity index (χ1) is 5.24. The van der Waals surface area contributed by atoms with Crippen molar-refractivity contribution in [3.8, 4) is 5.75 Å². The lowest BCUT2D eigenvalue weighted by molar-refractivity contribution is 0.0600. The Hall–Kier alpha value is -1.51. The van der Waals surface area contributed by atoms with Gasteiger partial charge in [0, 0.05) is 6.07 Å². The van der Waals surface area contributed by atoms with Crippen LogP contribution in [0.5, 0.6) is 5.75 Å². The molecule has 0 aliphatic rings. The molecule has 1 aromatic rings. The Morgan fingerprint density at radius 2 is 2.36 bits per heavy atom. The zero-order valence-corrected chi connectivity index (χ0v) is 6.00. The number of carbonyl (C=O) groups excluding carboxylic acids is 1. The van der Waals surface area contributed by atoms with Crippen LogP contribution in [0.1, 0.15) is 10.4 Å². The van der Waals surface area contributed by atoms with Crippen molar-refractivity contribution in [2.45, 2.75) is 0 Å². The van der Waals surface area contributed by atoms with E-state index >= 15 is 0 Å². The van der Waals surface area contributed by atoms with E-state index < -0.39 is 5.97 Å². The second kappa shape index (κ2) is 3.05. The molecule has 0 aliphatic heterocycles. The molecule has 0 spiro atoms. The Balaban J connectivity index is 2.90. The molecule has 0 atom stereocenters. The van der Waals surface area contributed by atoms with Crippen molar-refractivity contribution >= 4 is 5.97 Å². The SMILES string of the molecule is COC(=O)c1[c]cc(O)cc1. The van der Waals surface area contributed by atoms with Crippen molar-refractivity contribution in [1.29, 1.82) is 0 Å². The predicted molar refractivity (Wildman–Crippen MR) is 38.3 cm³/mol. The minimum Gasteiger partial charge on any atom is -0.508 e. The van der Waals surface area contributed by atoms with Gasteiger partial charge in [0.1, 0.15) is 5.75 Å². The highest BCUT2D eigenvalue weighted by Gasteiger charge is 2.03. The molecule has 0 aromatic heterocycles. The second-order valence-electron chi connectivity index (χ2n) is 1.95. The van der Waals surface area contributed by atoms with E-state index in [0.717, 1.165) is 0 Å². The average Bonchev–Trinajstić information content (AvgIpc) is 2.05. The monoisotopic (exact) mass is 151 g/mol. The van der Waals surface area contributed by atoms with Crippen LogP contribution in [0.2, 0.25) is 0 Å². The Morgan fingerprint density at radius 3 is 2.82 bits per heavy atom. The number of rotatable bonds is 1. The number of carbonyl (C=O) groups is 1. The van der Waals surface area contributed by atoms with E-state index in [1.54, 1.807) is 0 Å². The summed E-state index contributed by atoms with van der Waals surface area (Å²) in [7, 11) is 1.29. The van der Waals surface area contributed by atoms with E-state index in [1.807, 2.05) is 0 Å². The fourth-order valence-electron chi connectivity index (χ4n) is 0.654. The van der Waals surface area contributed by atoms with Crippen LogP contribution in [0.15, 0.2) is 18.2 Å². The molecule has 3 nitrogen and oxygen atoms in total. The highest BCUT2D eigenvalue weighted by atomic mass is 16.5. The van der Waals surface area contributed by atoms with Gasteiger partial charge in [-0.05, 0) is 18.2 Å². The Bertz CT molecular complexity index is 251. The van der Waals surface area contributed by atoms with Crippen LogP contribution in [-0.4, -0.2) is 18.2 Å². The molecule has 1 aromatic carbocycles. The second-order valence-corrected chi connectivity index (χ2v) is 1.95. The van der Waals surface area contributed by atoms with E-state index in [1.165, 1.54) is 25.3 Å². The van der Waals surface area contributed by atoms with Gasteiger partial charge in [-0.25, -0.2) is 4.79 Å². The number of methoxy groups -OCH3 is 1. The number of ether oxygens (including phenoxy) is 1. The molecule has 1 rings (SSSR count). The van der Waals surface area contributed by atoms with Crippen LogP contribution in [0.25, 0.3) is 0 Å². The van der Waals surface area contributed by atoms with Crippen molar-refractivity contribution < 1.29 is 14.6 Å². The van der Waals surface area contributed by atoms with E-state index in [9.17, 15) is 4.79 Å². The van der Waals surface area contributed by atoms with Crippen LogP contribution >= 0.6 is 0 Å². The van der Waals surface area contributed by atoms with Gasteiger partial charge in [0.2, 0.25) is 0 Å². The molecule has 0 fully saturated rings. The molecule has 1 N–H and O–H groups in total. The van der Waals surface area contributed by atoms with Crippen molar-refractivity contribution in [1.82, 2.24) is 0 Å². The van der Waals surface area contributed by atoms with Crippen LogP contribution in [0.3, 0.4) is 0 Å². The number of aromatic hydroxyl groups is 1. The summed E-state index contributed by atoms with van der Waals surface area (Å²) >= 11 is 0. The van der Waals surface area contributed by atoms with Crippen molar-refractivity contribution in [2.75, 3.05) is 7.11 Å². The maximum Gasteiger partial charge on any atom is 0.338 e. The number of phenolic OH excluding ortho intramolecular Hbond substituents is 1. The quantitative estimate of drug-likeness (QED) is 0.608. The third-order valence-corrected chi connectivity index (χ3v) is 1.20. The van der Waals surface area contributed by atoms with Gasteiger partial charge >= 0.3 is 5.97 Å². The number of esters is 1. The lowest BCUT2D eigenvalue weighted by Crippen LogP contribution is -2.00. The van der Waals surface area contributed by atoms with E-state index in [2.05, 4.69) is 10.8 Å². The Labute approximate surface area is 64.2 Å². The first-order valence-corrected chi connectivity index (χ1v) is 3.03. The minimum atomic E-state index is -0.454. The Morgan fingerprint density at radius 1 is 1.64 bits per heavy atom. The maximum atomic E-state index is 10.8. The van der Waals surface area contributed by atoms with Gasteiger partial charge in [-0.1, -0.05) is 0 Å². The van der Waals surface area contributed by atoms with Gasteiger partial charge in [-0.2, -0.15) is 0 Å². The summed E-state index contributed by atoms with van der Waals surface area (Å²) in [5, 5.41) is 8.83. The largest absolute Gasteiger partial charge is 0.508 e. The molecule has 0 aliphatic carbocycles. The van der Waals surface area contributed by atoms with Gasteiger partial charge in [0.05, 0.1) is 12.7 Å². The molecule has 0 amide bonds. The fourth-order valence-corrected chi connectivity index (χ4v) is 0.654. The van der Waals surface area contributed by atoms with Gasteiger partial charge in [0.25, 0.3) is 0 Å². The molecule has 0 unspecified atom stereocenters. The first-order valence-electron chi connectivity index (χ1n) is 3.03. The number of benzene rings is 1. The third kappa shape index (κ3) is 1.70. The highest BCUT2D eigenvalue weighted by molar-refractivity contribution is 5.89. The first kappa shape index (κ1) is 7.60. The fraction of sp³-hybridized carbons (Fsp3) is 0.125. The summed E-state index contributed by atoms with van der Waals surface area (Å²) in [5.74, 6) is -0.373. The smallest absolute Gasteiger partial charge is 0.338 e. The van der Waals surface area contributed by atoms with E-state index in [4.69, 9.17) is 5.11 Å². The summed E-state index contributed by atoms with van der Waals surface area (Å²) in [4.78, 5) is 10.8. The topological polar surface area (TPSA) is 46.5 Å². The van der Waals surface area contributed by atoms with Crippen LogP contribution in [0.4, 0.5) is 0 Å². The highest BCUT2D eigenvalue weighted by Crippen LogP contribution is 2.09. The van der Waals surface area contributed by atoms with Gasteiger partial charge in [0.15, 0.2) is 0 Å². The standard InChI is InChI=1S/C8H7O3/c1-11-8(10)6-2-4-7(9)5-3-6/h2,4-5,9H,1H3. The van der Waals surface area contributed by atoms with Crippen molar-refractivity contribution in [3.05, 3.63) is 29.8 Å². The zero-order valence-electron chi connectivity index (χ0n) is 6.00. The van der Waals surface area contributed by atoms with E-state index in [0.29, 0.717) is 5.56 Å². The molecule has 1 radical (unpaired) electrons. The van der Waals surface area contributed by atoms with Gasteiger partial charge < -0.3 is 9.84 Å². The number of hydrogen-bond donors (Lipinski definition) is 1. The average molecular weight is 151 g/mol. The van der Waals surface area contributed by atoms with Crippen LogP contribution in [0, 0.1) is 6.07 Å². The summed E-state index contributed by atoms with van der Waals surface area (Å²) in [6.45, 7) is 0. The molecule has 0 saturated heterocycles. The lowest BCUT2D eigenvalue weighted by Gasteiger charge is -1.96. The molecule has 0 saturated carbocycles. The molecule has 11 heavy (non-hydrogen) atoms. The molecular formula is C8H7O3. The normalized spacial score (nSPS) is 9.18. The van der Waals surface area contributed by atoms with Crippen LogP contribution < -0.4 is 0 Å². The molecule has 57 valence electrons. The summed E-state index contributed by atoms with van der Waals surface area (Å²) in [6.07, 6.45) is 0. The molecule has 0 heterocycles. The zero-order chi connectivity index (χ0) is 8.27. The van der Waals surface area contributed by atoms with Crippen molar-refractivity contribution in [2.24, 2.45) is 0 Å². The summed E-state index contributed by atoms with van der Waals surface area (Å²) < 4.78 is 4.42. The molecular weight excluding hydrogens is 144 g/mol. The van der Waals surface area contributed by atoms with Crippen molar-refractivity contribution in [3.63, 3.8) is 0 Å². The summed E-state index contributed by atoms with van der Waals surface area (Å²) in [6, 6.07) is 6.73. The van der Waals surface area contributed by atoms with Gasteiger partial charge in [-0.15, -0.1) is 0 Å². The number of hydrogen-bond acceptors (Lipinski definition) is 3.